The first-order chi connectivity index (χ1) is 5.86. The predicted octanol–water partition coefficient (Wildman–Crippen LogP) is 2.73. The van der Waals surface area contributed by atoms with Gasteiger partial charge in [0.1, 0.15) is 0 Å². The Kier molecular flexibility index (Phi) is 2.11. The van der Waals surface area contributed by atoms with Crippen molar-refractivity contribution in [3.05, 3.63) is 29.6 Å². The van der Waals surface area contributed by atoms with E-state index >= 15 is 0 Å². The van der Waals surface area contributed by atoms with E-state index in [9.17, 15) is 0 Å². The fraction of sp³-hybridized carbons (Fsp3) is 0.545. The van der Waals surface area contributed by atoms with E-state index < -0.39 is 0 Å². The molecule has 0 aromatic carbocycles. The molecule has 12 heavy (non-hydrogen) atoms. The molecule has 1 fully saturated rings. The van der Waals surface area contributed by atoms with Crippen LogP contribution in [0.3, 0.4) is 0 Å². The van der Waals surface area contributed by atoms with Crippen molar-refractivity contribution in [3.63, 3.8) is 0 Å². The molecular formula is C11H15N. The van der Waals surface area contributed by atoms with Gasteiger partial charge >= 0.3 is 0 Å². The molecule has 0 aliphatic heterocycles. The van der Waals surface area contributed by atoms with Crippen LogP contribution in [0.1, 0.15) is 30.4 Å². The molecule has 2 rings (SSSR count). The minimum Gasteiger partial charge on any atom is -0.264 e. The first-order valence-corrected chi connectivity index (χ1v) is 4.76. The van der Waals surface area contributed by atoms with Gasteiger partial charge in [0, 0.05) is 12.4 Å². The molecule has 0 amide bonds. The molecule has 1 saturated carbocycles. The summed E-state index contributed by atoms with van der Waals surface area (Å²) >= 11 is 0. The fourth-order valence-corrected chi connectivity index (χ4v) is 1.52. The first-order valence-electron chi connectivity index (χ1n) is 4.76. The van der Waals surface area contributed by atoms with Gasteiger partial charge in [-0.2, -0.15) is 0 Å². The average molecular weight is 161 g/mol. The third kappa shape index (κ3) is 1.84. The molecule has 1 aromatic rings. The van der Waals surface area contributed by atoms with Crippen molar-refractivity contribution in [1.82, 2.24) is 4.98 Å². The van der Waals surface area contributed by atoms with Crippen molar-refractivity contribution < 1.29 is 0 Å². The van der Waals surface area contributed by atoms with E-state index in [4.69, 9.17) is 0 Å². The fourth-order valence-electron chi connectivity index (χ4n) is 1.52. The van der Waals surface area contributed by atoms with E-state index in [0.717, 1.165) is 5.92 Å². The van der Waals surface area contributed by atoms with Crippen molar-refractivity contribution in [3.8, 4) is 0 Å². The average Bonchev–Trinajstić information content (AvgIpc) is 2.86. The Labute approximate surface area is 73.8 Å². The van der Waals surface area contributed by atoms with Gasteiger partial charge in [0.15, 0.2) is 0 Å². The molecular weight excluding hydrogens is 146 g/mol. The Bertz CT molecular complexity index is 263. The van der Waals surface area contributed by atoms with Crippen molar-refractivity contribution in [2.75, 3.05) is 0 Å². The number of pyridine rings is 1. The number of hydrogen-bond acceptors (Lipinski definition) is 1. The van der Waals surface area contributed by atoms with Crippen LogP contribution in [0.15, 0.2) is 18.5 Å². The molecule has 0 bridgehead atoms. The predicted molar refractivity (Wildman–Crippen MR) is 50.0 cm³/mol. The minimum absolute atomic E-state index is 1.03. The molecule has 0 spiro atoms. The molecule has 1 heterocycles. The second kappa shape index (κ2) is 3.26. The van der Waals surface area contributed by atoms with Gasteiger partial charge < -0.3 is 0 Å². The van der Waals surface area contributed by atoms with Gasteiger partial charge in [-0.3, -0.25) is 4.98 Å². The van der Waals surface area contributed by atoms with Gasteiger partial charge in [0.05, 0.1) is 0 Å². The van der Waals surface area contributed by atoms with E-state index in [-0.39, 0.29) is 0 Å². The Hall–Kier alpha value is -0.850. The highest BCUT2D eigenvalue weighted by Gasteiger charge is 2.20. The summed E-state index contributed by atoms with van der Waals surface area (Å²) in [7, 11) is 0. The molecule has 1 nitrogen and oxygen atoms in total. The third-order valence-corrected chi connectivity index (χ3v) is 2.67. The zero-order valence-electron chi connectivity index (χ0n) is 7.59. The number of nitrogens with zero attached hydrogens (tertiary/aromatic N) is 1. The first kappa shape index (κ1) is 7.78. The van der Waals surface area contributed by atoms with E-state index in [1.807, 2.05) is 12.4 Å². The highest BCUT2D eigenvalue weighted by Crippen LogP contribution is 2.33. The lowest BCUT2D eigenvalue weighted by atomic mass is 10.1. The molecule has 0 N–H and O–H groups in total. The molecule has 0 atom stereocenters. The lowest BCUT2D eigenvalue weighted by molar-refractivity contribution is 0.722. The van der Waals surface area contributed by atoms with Crippen LogP contribution < -0.4 is 0 Å². The largest absolute Gasteiger partial charge is 0.264 e. The van der Waals surface area contributed by atoms with Crippen molar-refractivity contribution in [2.24, 2.45) is 5.92 Å². The zero-order valence-corrected chi connectivity index (χ0v) is 7.59. The van der Waals surface area contributed by atoms with Crippen LogP contribution in [0.5, 0.6) is 0 Å². The highest BCUT2D eigenvalue weighted by atomic mass is 14.6. The maximum Gasteiger partial charge on any atom is 0.0302 e. The van der Waals surface area contributed by atoms with Crippen molar-refractivity contribution in [1.29, 1.82) is 0 Å². The lowest BCUT2D eigenvalue weighted by Crippen LogP contribution is -1.91. The molecule has 0 unspecified atom stereocenters. The summed E-state index contributed by atoms with van der Waals surface area (Å²) in [4.78, 5) is 4.14. The van der Waals surface area contributed by atoms with E-state index in [1.54, 1.807) is 0 Å². The topological polar surface area (TPSA) is 12.9 Å². The summed E-state index contributed by atoms with van der Waals surface area (Å²) in [5, 5.41) is 0. The summed E-state index contributed by atoms with van der Waals surface area (Å²) in [6.07, 6.45) is 9.39. The highest BCUT2D eigenvalue weighted by molar-refractivity contribution is 5.21. The molecule has 0 saturated heterocycles. The summed E-state index contributed by atoms with van der Waals surface area (Å²) in [5.74, 6) is 1.03. The summed E-state index contributed by atoms with van der Waals surface area (Å²) in [5.41, 5.74) is 2.83. The van der Waals surface area contributed by atoms with Crippen LogP contribution in [0.4, 0.5) is 0 Å². The maximum absolute atomic E-state index is 4.14. The maximum atomic E-state index is 4.14. The quantitative estimate of drug-likeness (QED) is 0.664. The lowest BCUT2D eigenvalue weighted by Gasteiger charge is -2.02. The van der Waals surface area contributed by atoms with Gasteiger partial charge in [-0.1, -0.05) is 12.8 Å². The van der Waals surface area contributed by atoms with E-state index in [0.29, 0.717) is 0 Å². The normalized spacial score (nSPS) is 16.4. The Morgan fingerprint density at radius 2 is 2.33 bits per heavy atom. The molecule has 1 aliphatic rings. The Morgan fingerprint density at radius 1 is 1.50 bits per heavy atom. The number of rotatable bonds is 3. The van der Waals surface area contributed by atoms with Gasteiger partial charge in [0.25, 0.3) is 0 Å². The number of aryl methyl sites for hydroxylation is 2. The standard InChI is InChI=1S/C11H15N/c1-9-6-7-12-8-11(9)5-4-10-2-3-10/h6-8,10H,2-5H2,1H3. The van der Waals surface area contributed by atoms with Crippen molar-refractivity contribution >= 4 is 0 Å². The minimum atomic E-state index is 1.03. The van der Waals surface area contributed by atoms with Crippen LogP contribution in [0, 0.1) is 12.8 Å². The Balaban J connectivity index is 1.96. The van der Waals surface area contributed by atoms with Crippen LogP contribution in [0.2, 0.25) is 0 Å². The Morgan fingerprint density at radius 3 is 3.00 bits per heavy atom. The van der Waals surface area contributed by atoms with Gasteiger partial charge in [-0.25, -0.2) is 0 Å². The molecule has 0 radical (unpaired) electrons. The molecule has 1 aliphatic carbocycles. The number of aromatic nitrogens is 1. The van der Waals surface area contributed by atoms with Gasteiger partial charge in [-0.05, 0) is 42.9 Å². The third-order valence-electron chi connectivity index (χ3n) is 2.67. The summed E-state index contributed by atoms with van der Waals surface area (Å²) < 4.78 is 0. The van der Waals surface area contributed by atoms with Crippen LogP contribution in [0.25, 0.3) is 0 Å². The van der Waals surface area contributed by atoms with Gasteiger partial charge in [-0.15, -0.1) is 0 Å². The second-order valence-electron chi connectivity index (χ2n) is 3.78. The van der Waals surface area contributed by atoms with Crippen LogP contribution in [-0.2, 0) is 6.42 Å². The summed E-state index contributed by atoms with van der Waals surface area (Å²) in [6.45, 7) is 2.17. The number of hydrogen-bond donors (Lipinski definition) is 0. The van der Waals surface area contributed by atoms with Crippen LogP contribution in [-0.4, -0.2) is 4.98 Å². The van der Waals surface area contributed by atoms with Crippen molar-refractivity contribution in [2.45, 2.75) is 32.6 Å². The monoisotopic (exact) mass is 161 g/mol. The van der Waals surface area contributed by atoms with Crippen LogP contribution >= 0.6 is 0 Å². The zero-order chi connectivity index (χ0) is 8.39. The molecule has 1 heteroatoms. The molecule has 1 aromatic heterocycles. The van der Waals surface area contributed by atoms with E-state index in [2.05, 4.69) is 18.0 Å². The molecule has 64 valence electrons. The smallest absolute Gasteiger partial charge is 0.0302 e. The second-order valence-corrected chi connectivity index (χ2v) is 3.78. The van der Waals surface area contributed by atoms with E-state index in [1.165, 1.54) is 36.8 Å². The SMILES string of the molecule is Cc1ccncc1CCC1CC1. The van der Waals surface area contributed by atoms with Gasteiger partial charge in [0.2, 0.25) is 0 Å². The summed E-state index contributed by atoms with van der Waals surface area (Å²) in [6, 6.07) is 2.10.